The minimum Gasteiger partial charge on any atom is -0.457 e. The van der Waals surface area contributed by atoms with Crippen molar-refractivity contribution in [2.75, 3.05) is 13.1 Å². The fourth-order valence-corrected chi connectivity index (χ4v) is 4.75. The number of likely N-dealkylation sites (tertiary alicyclic amines) is 1. The van der Waals surface area contributed by atoms with Crippen LogP contribution in [0.2, 0.25) is 0 Å². The number of thiazole rings is 1. The van der Waals surface area contributed by atoms with Gasteiger partial charge >= 0.3 is 0 Å². The second-order valence-electron chi connectivity index (χ2n) is 8.54. The summed E-state index contributed by atoms with van der Waals surface area (Å²) in [5.41, 5.74) is 1.99. The SMILES string of the molecule is CC1(NC(=O)C2CC2)CN(Cc2nc(-c3ccc(Oc4ccccc4)cc3)cs2)C1. The lowest BCUT2D eigenvalue weighted by molar-refractivity contribution is -0.126. The molecule has 0 unspecified atom stereocenters. The normalized spacial score (nSPS) is 17.9. The van der Waals surface area contributed by atoms with Crippen LogP contribution in [0.25, 0.3) is 11.3 Å². The molecular weight excluding hydrogens is 394 g/mol. The number of hydrogen-bond donors (Lipinski definition) is 1. The predicted molar refractivity (Wildman–Crippen MR) is 119 cm³/mol. The number of hydrogen-bond acceptors (Lipinski definition) is 5. The van der Waals surface area contributed by atoms with E-state index in [9.17, 15) is 4.79 Å². The van der Waals surface area contributed by atoms with Crippen LogP contribution in [0.1, 0.15) is 24.8 Å². The van der Waals surface area contributed by atoms with Crippen LogP contribution in [0, 0.1) is 5.92 Å². The maximum absolute atomic E-state index is 12.0. The fraction of sp³-hybridized carbons (Fsp3) is 0.333. The summed E-state index contributed by atoms with van der Waals surface area (Å²) in [4.78, 5) is 19.2. The number of nitrogens with zero attached hydrogens (tertiary/aromatic N) is 2. The second-order valence-corrected chi connectivity index (χ2v) is 9.48. The summed E-state index contributed by atoms with van der Waals surface area (Å²) in [6, 6.07) is 17.8. The third-order valence-electron chi connectivity index (χ3n) is 5.56. The van der Waals surface area contributed by atoms with Crippen molar-refractivity contribution in [2.24, 2.45) is 5.92 Å². The van der Waals surface area contributed by atoms with E-state index >= 15 is 0 Å². The molecule has 30 heavy (non-hydrogen) atoms. The minimum absolute atomic E-state index is 0.0889. The highest BCUT2D eigenvalue weighted by atomic mass is 32.1. The number of carbonyl (C=O) groups excluding carboxylic acids is 1. The van der Waals surface area contributed by atoms with Gasteiger partial charge in [0.15, 0.2) is 0 Å². The van der Waals surface area contributed by atoms with Crippen LogP contribution in [0.15, 0.2) is 60.0 Å². The van der Waals surface area contributed by atoms with Gasteiger partial charge in [0.2, 0.25) is 5.91 Å². The van der Waals surface area contributed by atoms with Gasteiger partial charge in [-0.05, 0) is 56.2 Å². The predicted octanol–water partition coefficient (Wildman–Crippen LogP) is 4.70. The van der Waals surface area contributed by atoms with Crippen molar-refractivity contribution in [2.45, 2.75) is 31.8 Å². The van der Waals surface area contributed by atoms with E-state index in [1.165, 1.54) is 0 Å². The summed E-state index contributed by atoms with van der Waals surface area (Å²) in [7, 11) is 0. The van der Waals surface area contributed by atoms with Crippen LogP contribution < -0.4 is 10.1 Å². The smallest absolute Gasteiger partial charge is 0.223 e. The van der Waals surface area contributed by atoms with Crippen molar-refractivity contribution < 1.29 is 9.53 Å². The van der Waals surface area contributed by atoms with E-state index in [0.717, 1.165) is 60.2 Å². The molecule has 1 aromatic heterocycles. The van der Waals surface area contributed by atoms with Gasteiger partial charge in [0.1, 0.15) is 16.5 Å². The van der Waals surface area contributed by atoms with Crippen molar-refractivity contribution in [1.29, 1.82) is 0 Å². The van der Waals surface area contributed by atoms with Crippen LogP contribution in [0.4, 0.5) is 0 Å². The number of benzene rings is 2. The standard InChI is InChI=1S/C24H25N3O2S/c1-24(26-23(28)18-7-8-18)15-27(16-24)13-22-25-21(14-30-22)17-9-11-20(12-10-17)29-19-5-3-2-4-6-19/h2-6,9-12,14,18H,7-8,13,15-16H2,1H3,(H,26,28). The van der Waals surface area contributed by atoms with Crippen LogP contribution in [0.5, 0.6) is 11.5 Å². The monoisotopic (exact) mass is 419 g/mol. The van der Waals surface area contributed by atoms with E-state index in [0.29, 0.717) is 0 Å². The summed E-state index contributed by atoms with van der Waals surface area (Å²) in [6.07, 6.45) is 2.10. The Morgan fingerprint density at radius 2 is 1.83 bits per heavy atom. The molecule has 1 aliphatic carbocycles. The Kier molecular flexibility index (Phi) is 5.05. The zero-order valence-electron chi connectivity index (χ0n) is 17.0. The Labute approximate surface area is 180 Å². The van der Waals surface area contributed by atoms with Crippen molar-refractivity contribution in [3.05, 3.63) is 65.0 Å². The van der Waals surface area contributed by atoms with E-state index in [-0.39, 0.29) is 17.4 Å². The van der Waals surface area contributed by atoms with Gasteiger partial charge in [-0.15, -0.1) is 11.3 Å². The number of ether oxygens (including phenoxy) is 1. The fourth-order valence-electron chi connectivity index (χ4n) is 3.90. The summed E-state index contributed by atoms with van der Waals surface area (Å²) < 4.78 is 5.86. The van der Waals surface area contributed by atoms with E-state index in [2.05, 4.69) is 22.5 Å². The van der Waals surface area contributed by atoms with Crippen LogP contribution in [0.3, 0.4) is 0 Å². The van der Waals surface area contributed by atoms with E-state index in [1.807, 2.05) is 54.6 Å². The summed E-state index contributed by atoms with van der Waals surface area (Å²) in [6.45, 7) is 4.72. The van der Waals surface area contributed by atoms with Gasteiger partial charge < -0.3 is 10.1 Å². The highest BCUT2D eigenvalue weighted by molar-refractivity contribution is 7.09. The Hall–Kier alpha value is -2.70. The molecule has 5 nitrogen and oxygen atoms in total. The molecular formula is C24H25N3O2S. The molecule has 2 fully saturated rings. The molecule has 0 radical (unpaired) electrons. The molecule has 0 bridgehead atoms. The second kappa shape index (κ2) is 7.85. The Balaban J connectivity index is 1.15. The molecule has 3 aromatic rings. The van der Waals surface area contributed by atoms with Gasteiger partial charge in [-0.3, -0.25) is 9.69 Å². The minimum atomic E-state index is -0.0889. The highest BCUT2D eigenvalue weighted by Crippen LogP contribution is 2.32. The molecule has 6 heteroatoms. The molecule has 1 saturated carbocycles. The van der Waals surface area contributed by atoms with E-state index in [4.69, 9.17) is 9.72 Å². The third-order valence-corrected chi connectivity index (χ3v) is 6.39. The Bertz CT molecular complexity index is 1020. The molecule has 0 spiro atoms. The molecule has 1 aliphatic heterocycles. The largest absolute Gasteiger partial charge is 0.457 e. The van der Waals surface area contributed by atoms with E-state index in [1.54, 1.807) is 11.3 Å². The van der Waals surface area contributed by atoms with Crippen LogP contribution >= 0.6 is 11.3 Å². The molecule has 2 aliphatic rings. The van der Waals surface area contributed by atoms with Crippen molar-refractivity contribution in [3.63, 3.8) is 0 Å². The maximum atomic E-state index is 12.0. The molecule has 5 rings (SSSR count). The quantitative estimate of drug-likeness (QED) is 0.603. The lowest BCUT2D eigenvalue weighted by Gasteiger charge is -2.48. The molecule has 2 heterocycles. The topological polar surface area (TPSA) is 54.5 Å². The lowest BCUT2D eigenvalue weighted by Crippen LogP contribution is -2.68. The average molecular weight is 420 g/mol. The van der Waals surface area contributed by atoms with Gasteiger partial charge in [-0.25, -0.2) is 4.98 Å². The van der Waals surface area contributed by atoms with Gasteiger partial charge in [-0.1, -0.05) is 18.2 Å². The first-order chi connectivity index (χ1) is 14.6. The first kappa shape index (κ1) is 19.3. The van der Waals surface area contributed by atoms with Gasteiger partial charge in [-0.2, -0.15) is 0 Å². The molecule has 0 atom stereocenters. The van der Waals surface area contributed by atoms with Crippen molar-refractivity contribution >= 4 is 17.2 Å². The van der Waals surface area contributed by atoms with E-state index < -0.39 is 0 Å². The highest BCUT2D eigenvalue weighted by Gasteiger charge is 2.42. The molecule has 1 saturated heterocycles. The van der Waals surface area contributed by atoms with Crippen LogP contribution in [-0.4, -0.2) is 34.4 Å². The maximum Gasteiger partial charge on any atom is 0.223 e. The van der Waals surface area contributed by atoms with Gasteiger partial charge in [0, 0.05) is 30.0 Å². The summed E-state index contributed by atoms with van der Waals surface area (Å²) in [5, 5.41) is 6.42. The first-order valence-electron chi connectivity index (χ1n) is 10.4. The number of nitrogens with one attached hydrogen (secondary N) is 1. The molecule has 1 amide bonds. The molecule has 1 N–H and O–H groups in total. The zero-order chi connectivity index (χ0) is 20.6. The van der Waals surface area contributed by atoms with Crippen LogP contribution in [-0.2, 0) is 11.3 Å². The molecule has 154 valence electrons. The van der Waals surface area contributed by atoms with Crippen molar-refractivity contribution in [3.8, 4) is 22.8 Å². The number of amides is 1. The van der Waals surface area contributed by atoms with Gasteiger partial charge in [0.05, 0.1) is 17.8 Å². The summed E-state index contributed by atoms with van der Waals surface area (Å²) in [5.74, 6) is 2.14. The average Bonchev–Trinajstić information content (AvgIpc) is 3.48. The molecule has 2 aromatic carbocycles. The number of para-hydroxylation sites is 1. The Morgan fingerprint density at radius 3 is 2.53 bits per heavy atom. The zero-order valence-corrected chi connectivity index (χ0v) is 17.8. The number of carbonyl (C=O) groups is 1. The summed E-state index contributed by atoms with van der Waals surface area (Å²) >= 11 is 1.69. The van der Waals surface area contributed by atoms with Crippen molar-refractivity contribution in [1.82, 2.24) is 15.2 Å². The number of rotatable bonds is 7. The van der Waals surface area contributed by atoms with Gasteiger partial charge in [0.25, 0.3) is 0 Å². The third kappa shape index (κ3) is 4.40. The number of aromatic nitrogens is 1. The Morgan fingerprint density at radius 1 is 1.13 bits per heavy atom. The lowest BCUT2D eigenvalue weighted by atomic mass is 9.92. The first-order valence-corrected chi connectivity index (χ1v) is 11.3.